The van der Waals surface area contributed by atoms with Crippen molar-refractivity contribution in [2.75, 3.05) is 6.54 Å². The maximum atomic E-state index is 12.3. The zero-order valence-electron chi connectivity index (χ0n) is 9.22. The molecule has 1 aromatic heterocycles. The first-order valence-corrected chi connectivity index (χ1v) is 7.67. The number of rotatable bonds is 3. The van der Waals surface area contributed by atoms with Gasteiger partial charge in [0.25, 0.3) is 10.0 Å². The molecular weight excluding hydrogens is 244 g/mol. The number of hydrogen-bond acceptors (Lipinski definition) is 4. The first kappa shape index (κ1) is 12.0. The monoisotopic (exact) mass is 260 g/mol. The van der Waals surface area contributed by atoms with Crippen LogP contribution >= 0.6 is 11.3 Å². The second-order valence-corrected chi connectivity index (χ2v) is 7.11. The van der Waals surface area contributed by atoms with Gasteiger partial charge in [0.2, 0.25) is 0 Å². The molecule has 2 N–H and O–H groups in total. The van der Waals surface area contributed by atoms with Gasteiger partial charge in [0.1, 0.15) is 4.21 Å². The van der Waals surface area contributed by atoms with E-state index in [4.69, 9.17) is 5.73 Å². The molecule has 0 saturated carbocycles. The van der Waals surface area contributed by atoms with Crippen molar-refractivity contribution in [3.63, 3.8) is 0 Å². The van der Waals surface area contributed by atoms with Crippen LogP contribution in [0.2, 0.25) is 0 Å². The molecule has 6 heteroatoms. The molecule has 2 heterocycles. The van der Waals surface area contributed by atoms with Crippen molar-refractivity contribution in [3.8, 4) is 0 Å². The minimum absolute atomic E-state index is 0.119. The maximum absolute atomic E-state index is 12.3. The second kappa shape index (κ2) is 4.44. The van der Waals surface area contributed by atoms with E-state index in [-0.39, 0.29) is 6.04 Å². The largest absolute Gasteiger partial charge is 0.326 e. The van der Waals surface area contributed by atoms with Crippen LogP contribution in [-0.2, 0) is 16.6 Å². The predicted octanol–water partition coefficient (Wildman–Crippen LogP) is 1.38. The summed E-state index contributed by atoms with van der Waals surface area (Å²) in [6.45, 7) is 2.99. The molecular formula is C10H16N2O2S2. The maximum Gasteiger partial charge on any atom is 0.252 e. The first-order chi connectivity index (χ1) is 7.55. The van der Waals surface area contributed by atoms with E-state index in [1.165, 1.54) is 11.3 Å². The zero-order chi connectivity index (χ0) is 11.8. The van der Waals surface area contributed by atoms with Crippen LogP contribution < -0.4 is 5.73 Å². The summed E-state index contributed by atoms with van der Waals surface area (Å²) in [6, 6.07) is 1.80. The van der Waals surface area contributed by atoms with Crippen LogP contribution in [0.5, 0.6) is 0 Å². The van der Waals surface area contributed by atoms with Gasteiger partial charge in [0.15, 0.2) is 0 Å². The summed E-state index contributed by atoms with van der Waals surface area (Å²) >= 11 is 1.26. The van der Waals surface area contributed by atoms with Gasteiger partial charge in [0, 0.05) is 19.1 Å². The lowest BCUT2D eigenvalue weighted by molar-refractivity contribution is 0.409. The molecule has 1 atom stereocenters. The molecule has 1 fully saturated rings. The molecule has 0 bridgehead atoms. The van der Waals surface area contributed by atoms with Gasteiger partial charge in [-0.3, -0.25) is 0 Å². The first-order valence-electron chi connectivity index (χ1n) is 5.35. The van der Waals surface area contributed by atoms with Gasteiger partial charge in [-0.05, 0) is 36.8 Å². The SMILES string of the molecule is CC1CCCN1S(=O)(=O)c1cc(CN)cs1. The molecule has 0 aromatic carbocycles. The Bertz CT molecular complexity index is 467. The molecule has 1 unspecified atom stereocenters. The van der Waals surface area contributed by atoms with E-state index in [1.54, 1.807) is 10.4 Å². The van der Waals surface area contributed by atoms with Gasteiger partial charge in [-0.15, -0.1) is 11.3 Å². The van der Waals surface area contributed by atoms with E-state index >= 15 is 0 Å². The van der Waals surface area contributed by atoms with E-state index in [9.17, 15) is 8.42 Å². The van der Waals surface area contributed by atoms with Crippen molar-refractivity contribution in [2.24, 2.45) is 5.73 Å². The predicted molar refractivity (Wildman–Crippen MR) is 64.8 cm³/mol. The molecule has 1 saturated heterocycles. The zero-order valence-corrected chi connectivity index (χ0v) is 10.9. The van der Waals surface area contributed by atoms with E-state index in [1.807, 2.05) is 12.3 Å². The highest BCUT2D eigenvalue weighted by Gasteiger charge is 2.33. The Morgan fingerprint density at radius 3 is 2.88 bits per heavy atom. The van der Waals surface area contributed by atoms with Crippen LogP contribution in [0.25, 0.3) is 0 Å². The normalized spacial score (nSPS) is 22.8. The Balaban J connectivity index is 2.31. The number of sulfonamides is 1. The lowest BCUT2D eigenvalue weighted by Crippen LogP contribution is -2.33. The van der Waals surface area contributed by atoms with Crippen LogP contribution in [0.3, 0.4) is 0 Å². The second-order valence-electron chi connectivity index (χ2n) is 4.09. The summed E-state index contributed by atoms with van der Waals surface area (Å²) in [5, 5.41) is 1.81. The van der Waals surface area contributed by atoms with Crippen LogP contribution in [0, 0.1) is 0 Å². The lowest BCUT2D eigenvalue weighted by atomic mass is 10.3. The Labute approximate surface area is 100 Å². The minimum Gasteiger partial charge on any atom is -0.326 e. The number of nitrogens with two attached hydrogens (primary N) is 1. The highest BCUT2D eigenvalue weighted by atomic mass is 32.2. The van der Waals surface area contributed by atoms with Crippen LogP contribution in [0.4, 0.5) is 0 Å². The molecule has 0 aliphatic carbocycles. The van der Waals surface area contributed by atoms with Crippen molar-refractivity contribution in [1.82, 2.24) is 4.31 Å². The van der Waals surface area contributed by atoms with Crippen molar-refractivity contribution in [3.05, 3.63) is 17.0 Å². The number of hydrogen-bond donors (Lipinski definition) is 1. The van der Waals surface area contributed by atoms with E-state index in [2.05, 4.69) is 0 Å². The third kappa shape index (κ3) is 2.02. The number of thiophene rings is 1. The molecule has 0 radical (unpaired) electrons. The van der Waals surface area contributed by atoms with Gasteiger partial charge in [0.05, 0.1) is 0 Å². The van der Waals surface area contributed by atoms with Gasteiger partial charge in [-0.25, -0.2) is 8.42 Å². The molecule has 1 aliphatic heterocycles. The smallest absolute Gasteiger partial charge is 0.252 e. The standard InChI is InChI=1S/C10H16N2O2S2/c1-8-3-2-4-12(8)16(13,14)10-5-9(6-11)7-15-10/h5,7-8H,2-4,6,11H2,1H3. The van der Waals surface area contributed by atoms with Crippen molar-refractivity contribution < 1.29 is 8.42 Å². The molecule has 90 valence electrons. The highest BCUT2D eigenvalue weighted by molar-refractivity contribution is 7.91. The molecule has 16 heavy (non-hydrogen) atoms. The third-order valence-electron chi connectivity index (χ3n) is 2.92. The Hall–Kier alpha value is -0.430. The third-order valence-corrected chi connectivity index (χ3v) is 6.40. The van der Waals surface area contributed by atoms with Crippen molar-refractivity contribution in [2.45, 2.75) is 36.6 Å². The fourth-order valence-electron chi connectivity index (χ4n) is 1.98. The summed E-state index contributed by atoms with van der Waals surface area (Å²) in [7, 11) is -3.28. The minimum atomic E-state index is -3.28. The van der Waals surface area contributed by atoms with Gasteiger partial charge < -0.3 is 5.73 Å². The average Bonchev–Trinajstić information content (AvgIpc) is 2.85. The lowest BCUT2D eigenvalue weighted by Gasteiger charge is -2.19. The molecule has 4 nitrogen and oxygen atoms in total. The number of nitrogens with zero attached hydrogens (tertiary/aromatic N) is 1. The summed E-state index contributed by atoms with van der Waals surface area (Å²) in [4.78, 5) is 0. The molecule has 1 aliphatic rings. The van der Waals surface area contributed by atoms with Crippen molar-refractivity contribution in [1.29, 1.82) is 0 Å². The topological polar surface area (TPSA) is 63.4 Å². The molecule has 0 spiro atoms. The summed E-state index contributed by atoms with van der Waals surface area (Å²) < 4.78 is 26.6. The van der Waals surface area contributed by atoms with E-state index in [0.717, 1.165) is 18.4 Å². The fourth-order valence-corrected chi connectivity index (χ4v) is 5.02. The van der Waals surface area contributed by atoms with Crippen molar-refractivity contribution >= 4 is 21.4 Å². The fraction of sp³-hybridized carbons (Fsp3) is 0.600. The Morgan fingerprint density at radius 2 is 2.38 bits per heavy atom. The van der Waals surface area contributed by atoms with Crippen LogP contribution in [0.15, 0.2) is 15.7 Å². The Kier molecular flexibility index (Phi) is 3.34. The van der Waals surface area contributed by atoms with Gasteiger partial charge in [-0.2, -0.15) is 4.31 Å². The summed E-state index contributed by atoms with van der Waals surface area (Å²) in [5.41, 5.74) is 6.37. The quantitative estimate of drug-likeness (QED) is 0.893. The molecule has 2 rings (SSSR count). The summed E-state index contributed by atoms with van der Waals surface area (Å²) in [6.07, 6.45) is 1.91. The molecule has 1 aromatic rings. The van der Waals surface area contributed by atoms with E-state index in [0.29, 0.717) is 17.3 Å². The Morgan fingerprint density at radius 1 is 1.62 bits per heavy atom. The summed E-state index contributed by atoms with van der Waals surface area (Å²) in [5.74, 6) is 0. The van der Waals surface area contributed by atoms with Crippen LogP contribution in [0.1, 0.15) is 25.3 Å². The van der Waals surface area contributed by atoms with Crippen LogP contribution in [-0.4, -0.2) is 25.3 Å². The molecule has 0 amide bonds. The van der Waals surface area contributed by atoms with Gasteiger partial charge in [-0.1, -0.05) is 0 Å². The highest BCUT2D eigenvalue weighted by Crippen LogP contribution is 2.29. The average molecular weight is 260 g/mol. The van der Waals surface area contributed by atoms with E-state index < -0.39 is 10.0 Å². The van der Waals surface area contributed by atoms with Gasteiger partial charge >= 0.3 is 0 Å².